The number of carboxylic acids is 2. The average molecular weight is 567 g/mol. The van der Waals surface area contributed by atoms with Crippen molar-refractivity contribution >= 4 is 23.9 Å². The lowest BCUT2D eigenvalue weighted by Gasteiger charge is -2.42. The molecule has 4 aromatic carbocycles. The highest BCUT2D eigenvalue weighted by Gasteiger charge is 2.51. The second-order valence-electron chi connectivity index (χ2n) is 11.2. The van der Waals surface area contributed by atoms with E-state index in [4.69, 9.17) is 4.74 Å². The summed E-state index contributed by atoms with van der Waals surface area (Å²) in [5, 5.41) is 20.8. The van der Waals surface area contributed by atoms with Crippen molar-refractivity contribution in [2.24, 2.45) is 0 Å². The number of esters is 2. The maximum absolute atomic E-state index is 14.0. The molecule has 0 aromatic heterocycles. The third-order valence-electron chi connectivity index (χ3n) is 9.29. The number of hydrogen-bond acceptors (Lipinski definition) is 5. The Balaban J connectivity index is 1.26. The minimum absolute atomic E-state index is 0.109. The van der Waals surface area contributed by atoms with Crippen LogP contribution in [0.1, 0.15) is 68.2 Å². The molecule has 6 aliphatic rings. The lowest BCUT2D eigenvalue weighted by molar-refractivity contribution is -0.155. The van der Waals surface area contributed by atoms with Crippen LogP contribution in [-0.2, 0) is 23.9 Å². The summed E-state index contributed by atoms with van der Waals surface area (Å²) >= 11 is 0. The molecule has 6 aliphatic carbocycles. The van der Waals surface area contributed by atoms with Crippen LogP contribution in [0.4, 0.5) is 0 Å². The Kier molecular flexibility index (Phi) is 5.25. The van der Waals surface area contributed by atoms with E-state index in [0.717, 1.165) is 44.5 Å². The van der Waals surface area contributed by atoms with E-state index in [0.29, 0.717) is 0 Å². The van der Waals surface area contributed by atoms with Crippen LogP contribution in [-0.4, -0.2) is 34.1 Å². The predicted molar refractivity (Wildman–Crippen MR) is 154 cm³/mol. The first kappa shape index (κ1) is 25.2. The minimum atomic E-state index is -1.27. The van der Waals surface area contributed by atoms with Gasteiger partial charge in [-0.05, 0) is 44.5 Å². The molecule has 0 atom stereocenters. The zero-order valence-corrected chi connectivity index (χ0v) is 22.5. The van der Waals surface area contributed by atoms with E-state index >= 15 is 0 Å². The number of carboxylic acid groups (broad SMARTS) is 2. The summed E-state index contributed by atoms with van der Waals surface area (Å²) in [5.41, 5.74) is 5.80. The summed E-state index contributed by atoms with van der Waals surface area (Å²) in [7, 11) is 0. The molecule has 208 valence electrons. The van der Waals surface area contributed by atoms with Crippen molar-refractivity contribution in [1.29, 1.82) is 0 Å². The lowest BCUT2D eigenvalue weighted by Crippen LogP contribution is -2.37. The standard InChI is InChI=1S/C36H22O7/c37-33(38)29-25-17-9-1-5-13-21(17)27(22-14-6-2-10-18(22)25)31(29)35(41)43-36(42)32-28-23-15-7-3-11-19(23)26(30(32)34(39)40)20-12-4-8-16-24(20)28/h1-16,25-28H,(H,37,38)(H,39,40). The Morgan fingerprint density at radius 1 is 0.395 bits per heavy atom. The van der Waals surface area contributed by atoms with Crippen molar-refractivity contribution in [3.8, 4) is 0 Å². The fourth-order valence-corrected chi connectivity index (χ4v) is 7.81. The summed E-state index contributed by atoms with van der Waals surface area (Å²) in [6.45, 7) is 0. The zero-order valence-electron chi connectivity index (χ0n) is 22.5. The Bertz CT molecular complexity index is 1790. The molecule has 7 nitrogen and oxygen atoms in total. The third-order valence-corrected chi connectivity index (χ3v) is 9.29. The fraction of sp³-hybridized carbons (Fsp3) is 0.111. The molecule has 43 heavy (non-hydrogen) atoms. The molecule has 10 rings (SSSR count). The highest BCUT2D eigenvalue weighted by atomic mass is 16.6. The van der Waals surface area contributed by atoms with Gasteiger partial charge in [-0.15, -0.1) is 0 Å². The minimum Gasteiger partial charge on any atom is -0.478 e. The number of ether oxygens (including phenoxy) is 1. The van der Waals surface area contributed by atoms with E-state index < -0.39 is 47.5 Å². The predicted octanol–water partition coefficient (Wildman–Crippen LogP) is 5.40. The van der Waals surface area contributed by atoms with Gasteiger partial charge in [-0.2, -0.15) is 0 Å². The van der Waals surface area contributed by atoms with Crippen LogP contribution in [0.15, 0.2) is 119 Å². The van der Waals surface area contributed by atoms with Gasteiger partial charge in [0, 0.05) is 23.7 Å². The average Bonchev–Trinajstić information content (AvgIpc) is 3.03. The molecule has 0 fully saturated rings. The summed E-state index contributed by atoms with van der Waals surface area (Å²) < 4.78 is 5.54. The molecule has 4 bridgehead atoms. The van der Waals surface area contributed by atoms with Gasteiger partial charge in [-0.1, -0.05) is 97.1 Å². The normalized spacial score (nSPS) is 21.9. The van der Waals surface area contributed by atoms with E-state index in [1.165, 1.54) is 0 Å². The molecule has 0 unspecified atom stereocenters. The van der Waals surface area contributed by atoms with Crippen LogP contribution in [0.5, 0.6) is 0 Å². The van der Waals surface area contributed by atoms with E-state index in [2.05, 4.69) is 0 Å². The van der Waals surface area contributed by atoms with Gasteiger partial charge >= 0.3 is 23.9 Å². The largest absolute Gasteiger partial charge is 0.478 e. The molecule has 2 N–H and O–H groups in total. The van der Waals surface area contributed by atoms with Crippen LogP contribution in [0.25, 0.3) is 0 Å². The van der Waals surface area contributed by atoms with E-state index in [9.17, 15) is 29.4 Å². The Hall–Kier alpha value is -5.56. The molecule has 7 heteroatoms. The number of carbonyl (C=O) groups is 4. The van der Waals surface area contributed by atoms with Crippen LogP contribution < -0.4 is 0 Å². The van der Waals surface area contributed by atoms with Gasteiger partial charge in [0.2, 0.25) is 0 Å². The summed E-state index contributed by atoms with van der Waals surface area (Å²) in [4.78, 5) is 53.5. The first-order chi connectivity index (χ1) is 20.9. The maximum Gasteiger partial charge on any atom is 0.343 e. The third kappa shape index (κ3) is 3.30. The van der Waals surface area contributed by atoms with Gasteiger partial charge in [-0.25, -0.2) is 19.2 Å². The van der Waals surface area contributed by atoms with E-state index in [1.807, 2.05) is 97.1 Å². The number of benzene rings is 4. The second-order valence-corrected chi connectivity index (χ2v) is 11.2. The summed E-state index contributed by atoms with van der Waals surface area (Å²) in [6.07, 6.45) is 0. The molecular weight excluding hydrogens is 544 g/mol. The highest BCUT2D eigenvalue weighted by Crippen LogP contribution is 2.57. The van der Waals surface area contributed by atoms with Crippen LogP contribution in [0, 0.1) is 0 Å². The Morgan fingerprint density at radius 2 is 0.605 bits per heavy atom. The van der Waals surface area contributed by atoms with Gasteiger partial charge in [0.15, 0.2) is 0 Å². The molecule has 0 amide bonds. The SMILES string of the molecule is O=C(O)C1=C(C(=O)OC(=O)C2=C(C(=O)O)C3c4ccccc4C2c2ccccc23)C2c3ccccc3C1c1ccccc12. The zero-order chi connectivity index (χ0) is 29.6. The monoisotopic (exact) mass is 566 g/mol. The lowest BCUT2D eigenvalue weighted by atomic mass is 9.60. The van der Waals surface area contributed by atoms with Gasteiger partial charge in [0.25, 0.3) is 0 Å². The van der Waals surface area contributed by atoms with Crippen molar-refractivity contribution in [3.63, 3.8) is 0 Å². The van der Waals surface area contributed by atoms with Gasteiger partial charge in [-0.3, -0.25) is 0 Å². The molecule has 4 aromatic rings. The molecule has 0 aliphatic heterocycles. The van der Waals surface area contributed by atoms with Crippen LogP contribution in [0.2, 0.25) is 0 Å². The van der Waals surface area contributed by atoms with E-state index in [-0.39, 0.29) is 22.3 Å². The molecule has 0 heterocycles. The number of hydrogen-bond donors (Lipinski definition) is 2. The number of carbonyl (C=O) groups excluding carboxylic acids is 2. The fourth-order valence-electron chi connectivity index (χ4n) is 7.81. The Labute approximate surface area is 245 Å². The maximum atomic E-state index is 14.0. The molecule has 0 radical (unpaired) electrons. The van der Waals surface area contributed by atoms with Gasteiger partial charge in [0.1, 0.15) is 0 Å². The highest BCUT2D eigenvalue weighted by molar-refractivity contribution is 6.12. The van der Waals surface area contributed by atoms with E-state index in [1.54, 1.807) is 0 Å². The quantitative estimate of drug-likeness (QED) is 0.251. The van der Waals surface area contributed by atoms with Gasteiger partial charge in [0.05, 0.1) is 22.3 Å². The molecule has 0 spiro atoms. The summed E-state index contributed by atoms with van der Waals surface area (Å²) in [5.74, 6) is -7.64. The molecule has 0 saturated heterocycles. The molecular formula is C36H22O7. The van der Waals surface area contributed by atoms with Crippen LogP contribution in [0.3, 0.4) is 0 Å². The van der Waals surface area contributed by atoms with Gasteiger partial charge < -0.3 is 14.9 Å². The number of aliphatic carboxylic acids is 2. The van der Waals surface area contributed by atoms with Crippen molar-refractivity contribution in [1.82, 2.24) is 0 Å². The van der Waals surface area contributed by atoms with Crippen LogP contribution >= 0.6 is 0 Å². The van der Waals surface area contributed by atoms with Crippen molar-refractivity contribution < 1.29 is 34.1 Å². The first-order valence-corrected chi connectivity index (χ1v) is 13.9. The Morgan fingerprint density at radius 3 is 0.814 bits per heavy atom. The molecule has 0 saturated carbocycles. The van der Waals surface area contributed by atoms with Crippen molar-refractivity contribution in [2.45, 2.75) is 23.7 Å². The topological polar surface area (TPSA) is 118 Å². The van der Waals surface area contributed by atoms with Crippen molar-refractivity contribution in [3.05, 3.63) is 164 Å². The van der Waals surface area contributed by atoms with Crippen molar-refractivity contribution in [2.75, 3.05) is 0 Å². The smallest absolute Gasteiger partial charge is 0.343 e. The first-order valence-electron chi connectivity index (χ1n) is 13.9. The second kappa shape index (κ2) is 8.97. The summed E-state index contributed by atoms with van der Waals surface area (Å²) in [6, 6.07) is 29.5. The number of rotatable bonds is 4.